The summed E-state index contributed by atoms with van der Waals surface area (Å²) in [5, 5.41) is 17.6. The SMILES string of the molecule is C[C@@H](Oc1cc(-c2cnc(CO)n2C)cnc1N)c1cc(F)ccc1-n1nccn1. The quantitative estimate of drug-likeness (QED) is 0.502. The highest BCUT2D eigenvalue weighted by Gasteiger charge is 2.18. The monoisotopic (exact) mass is 409 g/mol. The molecular formula is C20H20FN7O2. The average Bonchev–Trinajstić information content (AvgIpc) is 3.39. The molecule has 9 nitrogen and oxygen atoms in total. The minimum Gasteiger partial charge on any atom is -0.482 e. The van der Waals surface area contributed by atoms with E-state index in [2.05, 4.69) is 20.2 Å². The summed E-state index contributed by atoms with van der Waals surface area (Å²) in [5.41, 5.74) is 8.63. The molecule has 1 atom stereocenters. The normalized spacial score (nSPS) is 12.1. The zero-order chi connectivity index (χ0) is 21.3. The number of halogens is 1. The molecule has 1 aromatic carbocycles. The number of nitrogens with two attached hydrogens (primary N) is 1. The standard InChI is InChI=1S/C20H20FN7O2/c1-12(15-8-14(21)3-4-16(15)28-25-5-6-26-28)30-18-7-13(9-24-20(18)22)17-10-23-19(11-29)27(17)2/h3-10,12,29H,11H2,1-2H3,(H2,22,24)/t12-/m1/s1. The van der Waals surface area contributed by atoms with E-state index in [0.29, 0.717) is 28.4 Å². The number of nitrogens with zero attached hydrogens (tertiary/aromatic N) is 6. The van der Waals surface area contributed by atoms with Gasteiger partial charge in [0.2, 0.25) is 0 Å². The number of aliphatic hydroxyl groups is 1. The molecule has 0 spiro atoms. The molecule has 0 unspecified atom stereocenters. The lowest BCUT2D eigenvalue weighted by Crippen LogP contribution is -2.11. The van der Waals surface area contributed by atoms with Gasteiger partial charge in [-0.25, -0.2) is 14.4 Å². The number of rotatable bonds is 6. The molecule has 0 saturated heterocycles. The zero-order valence-electron chi connectivity index (χ0n) is 16.4. The van der Waals surface area contributed by atoms with Crippen LogP contribution in [-0.4, -0.2) is 34.6 Å². The zero-order valence-corrected chi connectivity index (χ0v) is 16.4. The van der Waals surface area contributed by atoms with Gasteiger partial charge in [-0.1, -0.05) is 0 Å². The molecule has 30 heavy (non-hydrogen) atoms. The van der Waals surface area contributed by atoms with E-state index >= 15 is 0 Å². The largest absolute Gasteiger partial charge is 0.482 e. The first-order valence-corrected chi connectivity index (χ1v) is 9.18. The van der Waals surface area contributed by atoms with E-state index in [9.17, 15) is 9.50 Å². The molecule has 0 aliphatic rings. The molecular weight excluding hydrogens is 389 g/mol. The molecule has 0 aliphatic carbocycles. The minimum absolute atomic E-state index is 0.177. The summed E-state index contributed by atoms with van der Waals surface area (Å²) in [6, 6.07) is 6.05. The first-order valence-electron chi connectivity index (χ1n) is 9.18. The van der Waals surface area contributed by atoms with E-state index in [1.54, 1.807) is 55.5 Å². The summed E-state index contributed by atoms with van der Waals surface area (Å²) in [5.74, 6) is 0.664. The van der Waals surface area contributed by atoms with Crippen molar-refractivity contribution in [1.82, 2.24) is 29.5 Å². The molecule has 4 rings (SSSR count). The predicted molar refractivity (Wildman–Crippen MR) is 107 cm³/mol. The predicted octanol–water partition coefficient (Wildman–Crippen LogP) is 2.42. The number of imidazole rings is 1. The van der Waals surface area contributed by atoms with Crippen LogP contribution in [0.4, 0.5) is 10.2 Å². The van der Waals surface area contributed by atoms with Gasteiger partial charge in [0.25, 0.3) is 0 Å². The third-order valence-corrected chi connectivity index (χ3v) is 4.77. The maximum absolute atomic E-state index is 14.0. The second-order valence-corrected chi connectivity index (χ2v) is 6.67. The second-order valence-electron chi connectivity index (χ2n) is 6.67. The molecule has 3 heterocycles. The highest BCUT2D eigenvalue weighted by atomic mass is 19.1. The van der Waals surface area contributed by atoms with Gasteiger partial charge >= 0.3 is 0 Å². The first kappa shape index (κ1) is 19.5. The summed E-state index contributed by atoms with van der Waals surface area (Å²) in [6.07, 6.45) is 5.75. The molecule has 0 saturated carbocycles. The Hall–Kier alpha value is -3.79. The van der Waals surface area contributed by atoms with Crippen LogP contribution in [0.25, 0.3) is 16.9 Å². The van der Waals surface area contributed by atoms with Crippen LogP contribution in [0.1, 0.15) is 24.4 Å². The van der Waals surface area contributed by atoms with Gasteiger partial charge in [0.05, 0.1) is 30.0 Å². The molecule has 3 N–H and O–H groups in total. The Morgan fingerprint density at radius 2 is 1.93 bits per heavy atom. The highest BCUT2D eigenvalue weighted by Crippen LogP contribution is 2.32. The van der Waals surface area contributed by atoms with E-state index in [-0.39, 0.29) is 12.4 Å². The number of nitrogen functional groups attached to an aromatic ring is 1. The summed E-state index contributed by atoms with van der Waals surface area (Å²) in [4.78, 5) is 9.79. The molecule has 0 fully saturated rings. The lowest BCUT2D eigenvalue weighted by molar-refractivity contribution is 0.226. The smallest absolute Gasteiger partial charge is 0.166 e. The minimum atomic E-state index is -0.569. The Balaban J connectivity index is 1.68. The summed E-state index contributed by atoms with van der Waals surface area (Å²) in [6.45, 7) is 1.60. The van der Waals surface area contributed by atoms with Crippen molar-refractivity contribution in [1.29, 1.82) is 0 Å². The van der Waals surface area contributed by atoms with Crippen molar-refractivity contribution in [3.63, 3.8) is 0 Å². The van der Waals surface area contributed by atoms with Crippen molar-refractivity contribution < 1.29 is 14.2 Å². The third-order valence-electron chi connectivity index (χ3n) is 4.77. The number of hydrogen-bond acceptors (Lipinski definition) is 7. The van der Waals surface area contributed by atoms with Gasteiger partial charge in [0.1, 0.15) is 24.4 Å². The van der Waals surface area contributed by atoms with Crippen LogP contribution in [0, 0.1) is 5.82 Å². The Kier molecular flexibility index (Phi) is 5.15. The van der Waals surface area contributed by atoms with Crippen molar-refractivity contribution in [2.45, 2.75) is 19.6 Å². The van der Waals surface area contributed by atoms with Gasteiger partial charge in [-0.2, -0.15) is 15.0 Å². The van der Waals surface area contributed by atoms with E-state index in [0.717, 1.165) is 5.69 Å². The Bertz CT molecular complexity index is 1170. The number of pyridine rings is 1. The van der Waals surface area contributed by atoms with Gasteiger partial charge in [0, 0.05) is 24.4 Å². The molecule has 3 aromatic heterocycles. The van der Waals surface area contributed by atoms with Gasteiger partial charge in [-0.3, -0.25) is 0 Å². The highest BCUT2D eigenvalue weighted by molar-refractivity contribution is 5.64. The molecule has 0 radical (unpaired) electrons. The van der Waals surface area contributed by atoms with Crippen molar-refractivity contribution in [3.8, 4) is 22.7 Å². The average molecular weight is 409 g/mol. The number of benzene rings is 1. The van der Waals surface area contributed by atoms with Crippen molar-refractivity contribution in [2.75, 3.05) is 5.73 Å². The van der Waals surface area contributed by atoms with Gasteiger partial charge < -0.3 is 20.1 Å². The van der Waals surface area contributed by atoms with E-state index in [1.807, 2.05) is 0 Å². The van der Waals surface area contributed by atoms with Crippen LogP contribution in [-0.2, 0) is 13.7 Å². The lowest BCUT2D eigenvalue weighted by atomic mass is 10.1. The summed E-state index contributed by atoms with van der Waals surface area (Å²) >= 11 is 0. The number of hydrogen-bond donors (Lipinski definition) is 2. The van der Waals surface area contributed by atoms with Crippen molar-refractivity contribution in [3.05, 3.63) is 66.3 Å². The van der Waals surface area contributed by atoms with Crippen LogP contribution in [0.15, 0.2) is 49.1 Å². The van der Waals surface area contributed by atoms with Crippen molar-refractivity contribution >= 4 is 5.82 Å². The van der Waals surface area contributed by atoms with E-state index in [1.165, 1.54) is 16.9 Å². The summed E-state index contributed by atoms with van der Waals surface area (Å²) in [7, 11) is 1.80. The van der Waals surface area contributed by atoms with Crippen molar-refractivity contribution in [2.24, 2.45) is 7.05 Å². The molecule has 0 bridgehead atoms. The Morgan fingerprint density at radius 1 is 1.17 bits per heavy atom. The maximum atomic E-state index is 14.0. The third kappa shape index (κ3) is 3.60. The fourth-order valence-electron chi connectivity index (χ4n) is 3.18. The Morgan fingerprint density at radius 3 is 2.63 bits per heavy atom. The van der Waals surface area contributed by atoms with E-state index < -0.39 is 11.9 Å². The number of anilines is 1. The molecule has 154 valence electrons. The van der Waals surface area contributed by atoms with E-state index in [4.69, 9.17) is 10.5 Å². The number of aliphatic hydroxyl groups excluding tert-OH is 1. The van der Waals surface area contributed by atoms with Gasteiger partial charge in [-0.15, -0.1) is 0 Å². The lowest BCUT2D eigenvalue weighted by Gasteiger charge is -2.19. The van der Waals surface area contributed by atoms with Crippen LogP contribution in [0.5, 0.6) is 5.75 Å². The van der Waals surface area contributed by atoms with Gasteiger partial charge in [0.15, 0.2) is 11.6 Å². The van der Waals surface area contributed by atoms with Crippen LogP contribution >= 0.6 is 0 Å². The molecule has 0 aliphatic heterocycles. The topological polar surface area (TPSA) is 117 Å². The fourth-order valence-corrected chi connectivity index (χ4v) is 3.18. The van der Waals surface area contributed by atoms with Gasteiger partial charge in [-0.05, 0) is 31.2 Å². The van der Waals surface area contributed by atoms with Crippen LogP contribution in [0.2, 0.25) is 0 Å². The molecule has 4 aromatic rings. The first-order chi connectivity index (χ1) is 14.5. The fraction of sp³-hybridized carbons (Fsp3) is 0.200. The molecule has 0 amide bonds. The maximum Gasteiger partial charge on any atom is 0.166 e. The van der Waals surface area contributed by atoms with Crippen LogP contribution in [0.3, 0.4) is 0 Å². The second kappa shape index (κ2) is 7.91. The molecule has 10 heteroatoms. The summed E-state index contributed by atoms with van der Waals surface area (Å²) < 4.78 is 21.8. The number of aromatic nitrogens is 6. The van der Waals surface area contributed by atoms with Crippen LogP contribution < -0.4 is 10.5 Å². The Labute approximate surface area is 171 Å². The number of ether oxygens (including phenoxy) is 1.